The largest absolute Gasteiger partial charge is 0.495 e. The van der Waals surface area contributed by atoms with Gasteiger partial charge in [0.2, 0.25) is 0 Å². The molecule has 0 bridgehead atoms. The summed E-state index contributed by atoms with van der Waals surface area (Å²) >= 11 is 15.4. The van der Waals surface area contributed by atoms with Crippen LogP contribution in [-0.2, 0) is 0 Å². The molecule has 0 aliphatic heterocycles. The summed E-state index contributed by atoms with van der Waals surface area (Å²) in [7, 11) is 1.51. The summed E-state index contributed by atoms with van der Waals surface area (Å²) in [6.45, 7) is 2.02. The van der Waals surface area contributed by atoms with E-state index in [2.05, 4.69) is 36.8 Å². The number of anilines is 1. The molecular weight excluding hydrogens is 562 g/mol. The number of hydrogen-bond acceptors (Lipinski definition) is 5. The minimum atomic E-state index is -0.418. The van der Waals surface area contributed by atoms with Crippen LogP contribution in [-0.4, -0.2) is 33.1 Å². The monoisotopic (exact) mass is 579 g/mol. The molecule has 0 aliphatic rings. The van der Waals surface area contributed by atoms with Gasteiger partial charge in [0.15, 0.2) is 5.11 Å². The van der Waals surface area contributed by atoms with Crippen molar-refractivity contribution in [1.82, 2.24) is 20.3 Å². The van der Waals surface area contributed by atoms with Crippen molar-refractivity contribution in [3.8, 4) is 11.4 Å². The van der Waals surface area contributed by atoms with E-state index in [9.17, 15) is 4.79 Å². The second kappa shape index (κ2) is 9.85. The molecule has 0 atom stereocenters. The number of halogens is 2. The van der Waals surface area contributed by atoms with Crippen LogP contribution in [0.1, 0.15) is 15.9 Å². The van der Waals surface area contributed by atoms with Crippen LogP contribution >= 0.6 is 39.7 Å². The average Bonchev–Trinajstić information content (AvgIpc) is 3.27. The van der Waals surface area contributed by atoms with Gasteiger partial charge in [-0.3, -0.25) is 10.1 Å². The van der Waals surface area contributed by atoms with Gasteiger partial charge >= 0.3 is 0 Å². The van der Waals surface area contributed by atoms with Crippen LogP contribution < -0.4 is 15.4 Å². The maximum Gasteiger partial charge on any atom is 0.261 e. The SMILES string of the molecule is COc1c(C(=O)NC(=S)Nc2cc3nn(-c4ccc(C)cc4)nc3cc2Cl)cc2ccccc2c1Br. The maximum atomic E-state index is 13.1. The highest BCUT2D eigenvalue weighted by atomic mass is 79.9. The highest BCUT2D eigenvalue weighted by molar-refractivity contribution is 9.10. The van der Waals surface area contributed by atoms with Gasteiger partial charge in [0, 0.05) is 0 Å². The molecule has 4 aromatic carbocycles. The van der Waals surface area contributed by atoms with Crippen LogP contribution in [0.25, 0.3) is 27.5 Å². The van der Waals surface area contributed by atoms with Crippen LogP contribution in [0.3, 0.4) is 0 Å². The highest BCUT2D eigenvalue weighted by Gasteiger charge is 2.19. The van der Waals surface area contributed by atoms with Gasteiger partial charge in [0.1, 0.15) is 16.8 Å². The zero-order valence-corrected chi connectivity index (χ0v) is 22.3. The number of aromatic nitrogens is 3. The third-order valence-electron chi connectivity index (χ3n) is 5.60. The number of carbonyl (C=O) groups is 1. The summed E-state index contributed by atoms with van der Waals surface area (Å²) in [6, 6.07) is 20.8. The van der Waals surface area contributed by atoms with E-state index in [-0.39, 0.29) is 5.11 Å². The zero-order valence-electron chi connectivity index (χ0n) is 19.2. The Kier molecular flexibility index (Phi) is 6.61. The van der Waals surface area contributed by atoms with Gasteiger partial charge in [0.05, 0.1) is 33.5 Å². The van der Waals surface area contributed by atoms with Crippen molar-refractivity contribution in [3.63, 3.8) is 0 Å². The van der Waals surface area contributed by atoms with Crippen LogP contribution in [0, 0.1) is 6.92 Å². The van der Waals surface area contributed by atoms with Gasteiger partial charge in [-0.15, -0.1) is 10.2 Å². The Morgan fingerprint density at radius 2 is 1.75 bits per heavy atom. The van der Waals surface area contributed by atoms with Crippen LogP contribution in [0.4, 0.5) is 5.69 Å². The molecule has 1 aromatic heterocycles. The fourth-order valence-corrected chi connectivity index (χ4v) is 4.95. The molecule has 7 nitrogen and oxygen atoms in total. The molecule has 0 spiro atoms. The van der Waals surface area contributed by atoms with Gasteiger partial charge in [-0.2, -0.15) is 4.80 Å². The first kappa shape index (κ1) is 24.2. The molecular formula is C26H19BrClN5O2S. The normalized spacial score (nSPS) is 11.0. The fourth-order valence-electron chi connectivity index (χ4n) is 3.80. The van der Waals surface area contributed by atoms with Gasteiger partial charge in [-0.1, -0.05) is 53.6 Å². The third-order valence-corrected chi connectivity index (χ3v) is 6.90. The lowest BCUT2D eigenvalue weighted by Crippen LogP contribution is -2.34. The Labute approximate surface area is 225 Å². The van der Waals surface area contributed by atoms with Crippen LogP contribution in [0.2, 0.25) is 5.02 Å². The summed E-state index contributed by atoms with van der Waals surface area (Å²) in [5.74, 6) is -0.000471. The van der Waals surface area contributed by atoms with Crippen molar-refractivity contribution >= 4 is 78.3 Å². The second-order valence-corrected chi connectivity index (χ2v) is 9.65. The molecule has 1 amide bonds. The average molecular weight is 581 g/mol. The van der Waals surface area contributed by atoms with Crippen LogP contribution in [0.5, 0.6) is 5.75 Å². The molecule has 180 valence electrons. The molecule has 5 aromatic rings. The van der Waals surface area contributed by atoms with Crippen molar-refractivity contribution in [2.75, 3.05) is 12.4 Å². The molecule has 0 saturated carbocycles. The van der Waals surface area contributed by atoms with E-state index >= 15 is 0 Å². The number of methoxy groups -OCH3 is 1. The minimum Gasteiger partial charge on any atom is -0.495 e. The standard InChI is InChI=1S/C26H19BrClN5O2S/c1-14-7-9-16(10-8-14)33-31-21-12-19(28)20(13-22(21)32-33)29-26(36)30-25(34)18-11-15-5-3-4-6-17(15)23(27)24(18)35-2/h3-13H,1-2H3,(H2,29,30,34,36). The van der Waals surface area contributed by atoms with Crippen molar-refractivity contribution in [2.24, 2.45) is 0 Å². The Morgan fingerprint density at radius 3 is 2.47 bits per heavy atom. The highest BCUT2D eigenvalue weighted by Crippen LogP contribution is 2.36. The number of amides is 1. The maximum absolute atomic E-state index is 13.1. The summed E-state index contributed by atoms with van der Waals surface area (Å²) in [5.41, 5.74) is 4.07. The predicted molar refractivity (Wildman–Crippen MR) is 150 cm³/mol. The Hall–Kier alpha value is -3.53. The first-order valence-electron chi connectivity index (χ1n) is 10.9. The Morgan fingerprint density at radius 1 is 1.06 bits per heavy atom. The molecule has 2 N–H and O–H groups in total. The second-order valence-electron chi connectivity index (χ2n) is 8.05. The summed E-state index contributed by atoms with van der Waals surface area (Å²) in [5, 5.41) is 17.0. The predicted octanol–water partition coefficient (Wildman–Crippen LogP) is 6.43. The van der Waals surface area contributed by atoms with Crippen molar-refractivity contribution < 1.29 is 9.53 Å². The van der Waals surface area contributed by atoms with E-state index < -0.39 is 5.91 Å². The van der Waals surface area contributed by atoms with Crippen molar-refractivity contribution in [1.29, 1.82) is 0 Å². The van der Waals surface area contributed by atoms with Gasteiger partial charge in [0.25, 0.3) is 5.91 Å². The minimum absolute atomic E-state index is 0.0820. The number of fused-ring (bicyclic) bond motifs is 2. The number of nitrogens with zero attached hydrogens (tertiary/aromatic N) is 3. The molecule has 36 heavy (non-hydrogen) atoms. The number of rotatable bonds is 4. The summed E-state index contributed by atoms with van der Waals surface area (Å²) in [6.07, 6.45) is 0. The first-order valence-corrected chi connectivity index (χ1v) is 12.4. The number of aryl methyl sites for hydroxylation is 1. The molecule has 0 radical (unpaired) electrons. The molecule has 0 saturated heterocycles. The number of thiocarbonyl (C=S) groups is 1. The quantitative estimate of drug-likeness (QED) is 0.238. The van der Waals surface area contributed by atoms with E-state index in [0.29, 0.717) is 37.5 Å². The van der Waals surface area contributed by atoms with E-state index in [1.54, 1.807) is 23.0 Å². The lowest BCUT2D eigenvalue weighted by atomic mass is 10.1. The summed E-state index contributed by atoms with van der Waals surface area (Å²) < 4.78 is 6.20. The number of benzene rings is 4. The molecule has 1 heterocycles. The summed E-state index contributed by atoms with van der Waals surface area (Å²) in [4.78, 5) is 14.7. The van der Waals surface area contributed by atoms with Gasteiger partial charge < -0.3 is 10.1 Å². The first-order chi connectivity index (χ1) is 17.3. The molecule has 5 rings (SSSR count). The van der Waals surface area contributed by atoms with Gasteiger partial charge in [-0.05, 0) is 76.2 Å². The van der Waals surface area contributed by atoms with E-state index in [4.69, 9.17) is 28.6 Å². The molecule has 0 aliphatic carbocycles. The van der Waals surface area contributed by atoms with Gasteiger partial charge in [-0.25, -0.2) is 0 Å². The van der Waals surface area contributed by atoms with E-state index in [1.807, 2.05) is 55.5 Å². The number of ether oxygens (including phenoxy) is 1. The zero-order chi connectivity index (χ0) is 25.4. The lowest BCUT2D eigenvalue weighted by molar-refractivity contribution is 0.0975. The number of nitrogens with one attached hydrogen (secondary N) is 2. The van der Waals surface area contributed by atoms with Crippen molar-refractivity contribution in [2.45, 2.75) is 6.92 Å². The Balaban J connectivity index is 1.38. The number of hydrogen-bond donors (Lipinski definition) is 2. The van der Waals surface area contributed by atoms with E-state index in [0.717, 1.165) is 22.0 Å². The molecule has 0 unspecified atom stereocenters. The fraction of sp³-hybridized carbons (Fsp3) is 0.0769. The lowest BCUT2D eigenvalue weighted by Gasteiger charge is -2.15. The Bertz CT molecular complexity index is 1650. The van der Waals surface area contributed by atoms with Crippen LogP contribution in [0.15, 0.2) is 71.2 Å². The molecule has 10 heteroatoms. The number of carbonyl (C=O) groups excluding carboxylic acids is 1. The van der Waals surface area contributed by atoms with Crippen molar-refractivity contribution in [3.05, 3.63) is 87.4 Å². The molecule has 0 fully saturated rings. The third kappa shape index (κ3) is 4.65. The van der Waals surface area contributed by atoms with E-state index in [1.165, 1.54) is 7.11 Å². The smallest absolute Gasteiger partial charge is 0.261 e. The topological polar surface area (TPSA) is 81.1 Å².